The molecule has 0 spiro atoms. The molecule has 2 aromatic rings. The van der Waals surface area contributed by atoms with Crippen LogP contribution in [0.2, 0.25) is 0 Å². The Kier molecular flexibility index (Phi) is 7.17. The molecule has 0 bridgehead atoms. The van der Waals surface area contributed by atoms with Gasteiger partial charge in [-0.05, 0) is 37.8 Å². The summed E-state index contributed by atoms with van der Waals surface area (Å²) in [5.74, 6) is -0.992. The van der Waals surface area contributed by atoms with Gasteiger partial charge in [-0.25, -0.2) is 9.18 Å². The number of aliphatic hydroxyl groups excluding tert-OH is 1. The van der Waals surface area contributed by atoms with Crippen molar-refractivity contribution in [3.63, 3.8) is 0 Å². The SMILES string of the molecule is CN(CCO)C(=O)Cn1c(=O)c2cc(F)c(NC3CCCCC3)cc2n(C2CCCC2)c1=O. The molecule has 1 aromatic heterocycles. The van der Waals surface area contributed by atoms with Crippen molar-refractivity contribution in [2.24, 2.45) is 0 Å². The van der Waals surface area contributed by atoms with Crippen molar-refractivity contribution in [3.05, 3.63) is 38.8 Å². The van der Waals surface area contributed by atoms with Crippen molar-refractivity contribution in [3.8, 4) is 0 Å². The van der Waals surface area contributed by atoms with Gasteiger partial charge in [0.2, 0.25) is 5.91 Å². The van der Waals surface area contributed by atoms with Gasteiger partial charge in [-0.15, -0.1) is 0 Å². The van der Waals surface area contributed by atoms with E-state index in [9.17, 15) is 14.4 Å². The van der Waals surface area contributed by atoms with Crippen LogP contribution in [0.25, 0.3) is 10.9 Å². The van der Waals surface area contributed by atoms with Crippen LogP contribution in [-0.4, -0.2) is 51.3 Å². The first-order valence-corrected chi connectivity index (χ1v) is 12.0. The lowest BCUT2D eigenvalue weighted by molar-refractivity contribution is -0.131. The number of rotatable bonds is 7. The van der Waals surface area contributed by atoms with E-state index in [2.05, 4.69) is 5.32 Å². The lowest BCUT2D eigenvalue weighted by Gasteiger charge is -2.25. The predicted molar refractivity (Wildman–Crippen MR) is 125 cm³/mol. The van der Waals surface area contributed by atoms with Gasteiger partial charge in [0.05, 0.1) is 23.2 Å². The van der Waals surface area contributed by atoms with Crippen molar-refractivity contribution in [2.75, 3.05) is 25.5 Å². The minimum absolute atomic E-state index is 0.0925. The Hall–Kier alpha value is -2.68. The molecular weight excluding hydrogens is 427 g/mol. The number of hydrogen-bond acceptors (Lipinski definition) is 5. The fourth-order valence-corrected chi connectivity index (χ4v) is 5.16. The molecule has 0 atom stereocenters. The number of halogens is 1. The topological polar surface area (TPSA) is 96.6 Å². The summed E-state index contributed by atoms with van der Waals surface area (Å²) >= 11 is 0. The first-order valence-electron chi connectivity index (χ1n) is 12.0. The maximum atomic E-state index is 15.1. The van der Waals surface area contributed by atoms with E-state index < -0.39 is 29.5 Å². The van der Waals surface area contributed by atoms with Crippen molar-refractivity contribution in [1.82, 2.24) is 14.0 Å². The Morgan fingerprint density at radius 2 is 1.79 bits per heavy atom. The highest BCUT2D eigenvalue weighted by molar-refractivity contribution is 5.83. The van der Waals surface area contributed by atoms with Gasteiger partial charge in [-0.3, -0.25) is 18.7 Å². The molecule has 0 aliphatic heterocycles. The molecule has 8 nitrogen and oxygen atoms in total. The Labute approximate surface area is 192 Å². The summed E-state index contributed by atoms with van der Waals surface area (Å²) in [5, 5.41) is 12.5. The average Bonchev–Trinajstić information content (AvgIpc) is 3.33. The molecular formula is C24H33FN4O4. The number of aliphatic hydroxyl groups is 1. The van der Waals surface area contributed by atoms with E-state index in [4.69, 9.17) is 5.11 Å². The van der Waals surface area contributed by atoms with Gasteiger partial charge < -0.3 is 15.3 Å². The highest BCUT2D eigenvalue weighted by atomic mass is 19.1. The molecule has 2 fully saturated rings. The fraction of sp³-hybridized carbons (Fsp3) is 0.625. The van der Waals surface area contributed by atoms with Crippen LogP contribution >= 0.6 is 0 Å². The van der Waals surface area contributed by atoms with Gasteiger partial charge >= 0.3 is 5.69 Å². The number of fused-ring (bicyclic) bond motifs is 1. The van der Waals surface area contributed by atoms with Crippen molar-refractivity contribution in [2.45, 2.75) is 76.4 Å². The standard InChI is InChI=1S/C24H33FN4O4/c1-27(11-12-30)22(31)15-28-23(32)18-13-19(25)20(26-16-7-3-2-4-8-16)14-21(18)29(24(28)33)17-9-5-6-10-17/h13-14,16-17,26,30H,2-12,15H2,1H3. The number of anilines is 1. The zero-order valence-electron chi connectivity index (χ0n) is 19.2. The molecule has 2 aliphatic rings. The zero-order valence-corrected chi connectivity index (χ0v) is 19.2. The Morgan fingerprint density at radius 1 is 1.12 bits per heavy atom. The molecule has 33 heavy (non-hydrogen) atoms. The van der Waals surface area contributed by atoms with E-state index in [1.807, 2.05) is 0 Å². The second-order valence-electron chi connectivity index (χ2n) is 9.35. The van der Waals surface area contributed by atoms with Crippen LogP contribution in [0.4, 0.5) is 10.1 Å². The van der Waals surface area contributed by atoms with E-state index in [1.54, 1.807) is 10.6 Å². The zero-order chi connectivity index (χ0) is 23.5. The van der Waals surface area contributed by atoms with Crippen LogP contribution in [0.1, 0.15) is 63.8 Å². The van der Waals surface area contributed by atoms with Gasteiger partial charge in [-0.1, -0.05) is 32.1 Å². The molecule has 0 saturated heterocycles. The van der Waals surface area contributed by atoms with Gasteiger partial charge in [0.1, 0.15) is 12.4 Å². The molecule has 2 aliphatic carbocycles. The summed E-state index contributed by atoms with van der Waals surface area (Å²) in [6.45, 7) is -0.563. The van der Waals surface area contributed by atoms with Gasteiger partial charge in [0, 0.05) is 25.7 Å². The average molecular weight is 461 g/mol. The third-order valence-electron chi connectivity index (χ3n) is 7.07. The van der Waals surface area contributed by atoms with Crippen LogP contribution in [0.15, 0.2) is 21.7 Å². The van der Waals surface area contributed by atoms with Gasteiger partial charge in [0.25, 0.3) is 5.56 Å². The molecule has 1 heterocycles. The lowest BCUT2D eigenvalue weighted by Crippen LogP contribution is -2.45. The number of nitrogens with zero attached hydrogens (tertiary/aromatic N) is 3. The fourth-order valence-electron chi connectivity index (χ4n) is 5.16. The number of carbonyl (C=O) groups is 1. The highest BCUT2D eigenvalue weighted by Gasteiger charge is 2.26. The van der Waals surface area contributed by atoms with Crippen LogP contribution in [-0.2, 0) is 11.3 Å². The molecule has 2 saturated carbocycles. The monoisotopic (exact) mass is 460 g/mol. The summed E-state index contributed by atoms with van der Waals surface area (Å²) in [5.41, 5.74) is -0.473. The highest BCUT2D eigenvalue weighted by Crippen LogP contribution is 2.32. The van der Waals surface area contributed by atoms with Gasteiger partial charge in [0.15, 0.2) is 0 Å². The number of amides is 1. The number of nitrogens with one attached hydrogen (secondary N) is 1. The lowest BCUT2D eigenvalue weighted by atomic mass is 9.95. The molecule has 1 amide bonds. The summed E-state index contributed by atoms with van der Waals surface area (Å²) in [4.78, 5) is 40.5. The Morgan fingerprint density at radius 3 is 2.45 bits per heavy atom. The van der Waals surface area contributed by atoms with E-state index in [1.165, 1.54) is 24.4 Å². The van der Waals surface area contributed by atoms with E-state index >= 15 is 4.39 Å². The van der Waals surface area contributed by atoms with Gasteiger partial charge in [-0.2, -0.15) is 0 Å². The largest absolute Gasteiger partial charge is 0.395 e. The molecule has 1 aromatic carbocycles. The normalized spacial score (nSPS) is 17.5. The van der Waals surface area contributed by atoms with E-state index in [0.29, 0.717) is 11.2 Å². The quantitative estimate of drug-likeness (QED) is 0.662. The summed E-state index contributed by atoms with van der Waals surface area (Å²) in [7, 11) is 1.50. The number of benzene rings is 1. The van der Waals surface area contributed by atoms with Crippen LogP contribution < -0.4 is 16.6 Å². The smallest absolute Gasteiger partial charge is 0.332 e. The predicted octanol–water partition coefficient (Wildman–Crippen LogP) is 2.61. The van der Waals surface area contributed by atoms with Crippen molar-refractivity contribution < 1.29 is 14.3 Å². The van der Waals surface area contributed by atoms with E-state index in [0.717, 1.165) is 55.9 Å². The van der Waals surface area contributed by atoms with E-state index in [-0.39, 0.29) is 30.6 Å². The minimum atomic E-state index is -0.668. The maximum absolute atomic E-state index is 15.1. The Balaban J connectivity index is 1.82. The summed E-state index contributed by atoms with van der Waals surface area (Å²) in [6.07, 6.45) is 8.88. The summed E-state index contributed by atoms with van der Waals surface area (Å²) < 4.78 is 17.6. The first-order chi connectivity index (χ1) is 15.9. The number of hydrogen-bond donors (Lipinski definition) is 2. The van der Waals surface area contributed by atoms with Crippen LogP contribution in [0.5, 0.6) is 0 Å². The number of carbonyl (C=O) groups excluding carboxylic acids is 1. The molecule has 0 radical (unpaired) electrons. The first kappa shape index (κ1) is 23.5. The summed E-state index contributed by atoms with van der Waals surface area (Å²) in [6, 6.07) is 2.89. The molecule has 2 N–H and O–H groups in total. The molecule has 4 rings (SSSR count). The maximum Gasteiger partial charge on any atom is 0.332 e. The number of likely N-dealkylation sites (N-methyl/N-ethyl adjacent to an activating group) is 1. The third kappa shape index (κ3) is 4.83. The molecule has 9 heteroatoms. The van der Waals surface area contributed by atoms with Crippen LogP contribution in [0.3, 0.4) is 0 Å². The second-order valence-corrected chi connectivity index (χ2v) is 9.35. The van der Waals surface area contributed by atoms with Crippen molar-refractivity contribution in [1.29, 1.82) is 0 Å². The Bertz CT molecular complexity index is 1130. The third-order valence-corrected chi connectivity index (χ3v) is 7.07. The number of aromatic nitrogens is 2. The van der Waals surface area contributed by atoms with Crippen LogP contribution in [0, 0.1) is 5.82 Å². The second kappa shape index (κ2) is 10.1. The molecule has 0 unspecified atom stereocenters. The molecule has 180 valence electrons. The van der Waals surface area contributed by atoms with Crippen molar-refractivity contribution >= 4 is 22.5 Å². The minimum Gasteiger partial charge on any atom is -0.395 e.